The van der Waals surface area contributed by atoms with Crippen molar-refractivity contribution in [2.24, 2.45) is 0 Å². The van der Waals surface area contributed by atoms with Gasteiger partial charge in [0.05, 0.1) is 12.7 Å². The maximum Gasteiger partial charge on any atom is 0.408 e. The number of benzene rings is 1. The number of esters is 1. The van der Waals surface area contributed by atoms with Gasteiger partial charge in [-0.1, -0.05) is 6.07 Å². The Labute approximate surface area is 135 Å². The molecule has 0 aromatic heterocycles. The summed E-state index contributed by atoms with van der Waals surface area (Å²) in [5.74, 6) is -0.932. The van der Waals surface area contributed by atoms with Gasteiger partial charge in [0.2, 0.25) is 5.91 Å². The Hall–Kier alpha value is -2.57. The standard InChI is InChI=1S/C16H22N2O5/c1-10(17-15(21)23-16(2,3)4)13(19)18-12-8-6-7-11(9-12)14(20)22-5/h6-10H,1-5H3,(H,17,21)(H,18,19)/t10-/m1/s1. The summed E-state index contributed by atoms with van der Waals surface area (Å²) in [5.41, 5.74) is 0.101. The number of methoxy groups -OCH3 is 1. The van der Waals surface area contributed by atoms with Crippen molar-refractivity contribution in [2.75, 3.05) is 12.4 Å². The molecule has 2 amide bonds. The van der Waals surface area contributed by atoms with Gasteiger partial charge in [-0.15, -0.1) is 0 Å². The van der Waals surface area contributed by atoms with Crippen molar-refractivity contribution in [2.45, 2.75) is 39.3 Å². The third-order valence-corrected chi connectivity index (χ3v) is 2.68. The number of nitrogens with one attached hydrogen (secondary N) is 2. The quantitative estimate of drug-likeness (QED) is 0.830. The van der Waals surface area contributed by atoms with E-state index in [0.29, 0.717) is 11.3 Å². The average molecular weight is 322 g/mol. The van der Waals surface area contributed by atoms with Crippen LogP contribution in [0.2, 0.25) is 0 Å². The zero-order valence-corrected chi connectivity index (χ0v) is 13.9. The van der Waals surface area contributed by atoms with Crippen LogP contribution in [0.4, 0.5) is 10.5 Å². The lowest BCUT2D eigenvalue weighted by Crippen LogP contribution is -2.43. The van der Waals surface area contributed by atoms with Gasteiger partial charge < -0.3 is 20.1 Å². The zero-order chi connectivity index (χ0) is 17.6. The third kappa shape index (κ3) is 6.37. The van der Waals surface area contributed by atoms with Gasteiger partial charge in [-0.2, -0.15) is 0 Å². The number of carbonyl (C=O) groups is 3. The van der Waals surface area contributed by atoms with Gasteiger partial charge in [-0.25, -0.2) is 9.59 Å². The van der Waals surface area contributed by atoms with Gasteiger partial charge in [0.1, 0.15) is 11.6 Å². The van der Waals surface area contributed by atoms with Crippen LogP contribution in [0.3, 0.4) is 0 Å². The van der Waals surface area contributed by atoms with E-state index in [1.165, 1.54) is 20.1 Å². The molecule has 1 rings (SSSR count). The van der Waals surface area contributed by atoms with Crippen LogP contribution in [0.25, 0.3) is 0 Å². The Bertz CT molecular complexity index is 592. The van der Waals surface area contributed by atoms with Gasteiger partial charge >= 0.3 is 12.1 Å². The molecule has 7 heteroatoms. The van der Waals surface area contributed by atoms with Gasteiger partial charge in [-0.05, 0) is 45.9 Å². The van der Waals surface area contributed by atoms with E-state index >= 15 is 0 Å². The summed E-state index contributed by atoms with van der Waals surface area (Å²) >= 11 is 0. The van der Waals surface area contributed by atoms with Crippen LogP contribution in [0.1, 0.15) is 38.1 Å². The van der Waals surface area contributed by atoms with Gasteiger partial charge in [0, 0.05) is 5.69 Å². The molecule has 0 saturated heterocycles. The van der Waals surface area contributed by atoms with E-state index in [2.05, 4.69) is 15.4 Å². The number of rotatable bonds is 4. The second-order valence-electron chi connectivity index (χ2n) is 5.93. The molecule has 1 aromatic rings. The Morgan fingerprint density at radius 1 is 1.17 bits per heavy atom. The number of anilines is 1. The molecule has 0 unspecified atom stereocenters. The van der Waals surface area contributed by atoms with Crippen molar-refractivity contribution in [3.05, 3.63) is 29.8 Å². The second-order valence-corrected chi connectivity index (χ2v) is 5.93. The number of hydrogen-bond donors (Lipinski definition) is 2. The molecule has 0 fully saturated rings. The first-order chi connectivity index (χ1) is 10.6. The predicted molar refractivity (Wildman–Crippen MR) is 85.2 cm³/mol. The minimum atomic E-state index is -0.799. The molecule has 0 heterocycles. The molecule has 2 N–H and O–H groups in total. The first-order valence-corrected chi connectivity index (χ1v) is 7.11. The Balaban J connectivity index is 2.65. The number of amides is 2. The first kappa shape index (κ1) is 18.5. The monoisotopic (exact) mass is 322 g/mol. The molecule has 0 aliphatic rings. The lowest BCUT2D eigenvalue weighted by atomic mass is 10.2. The highest BCUT2D eigenvalue weighted by atomic mass is 16.6. The van der Waals surface area contributed by atoms with Crippen molar-refractivity contribution < 1.29 is 23.9 Å². The smallest absolute Gasteiger partial charge is 0.408 e. The van der Waals surface area contributed by atoms with Crippen LogP contribution in [0, 0.1) is 0 Å². The fourth-order valence-electron chi connectivity index (χ4n) is 1.64. The minimum Gasteiger partial charge on any atom is -0.465 e. The Morgan fingerprint density at radius 3 is 2.39 bits per heavy atom. The number of ether oxygens (including phenoxy) is 2. The van der Waals surface area contributed by atoms with Gasteiger partial charge in [-0.3, -0.25) is 4.79 Å². The van der Waals surface area contributed by atoms with E-state index in [1.54, 1.807) is 39.0 Å². The number of carbonyl (C=O) groups excluding carboxylic acids is 3. The maximum atomic E-state index is 12.1. The lowest BCUT2D eigenvalue weighted by Gasteiger charge is -2.21. The molecule has 1 aromatic carbocycles. The number of hydrogen-bond acceptors (Lipinski definition) is 5. The van der Waals surface area contributed by atoms with E-state index in [-0.39, 0.29) is 0 Å². The normalized spacial score (nSPS) is 12.0. The summed E-state index contributed by atoms with van der Waals surface area (Å²) in [6.45, 7) is 6.73. The van der Waals surface area contributed by atoms with Gasteiger partial charge in [0.25, 0.3) is 0 Å². The largest absolute Gasteiger partial charge is 0.465 e. The van der Waals surface area contributed by atoms with Gasteiger partial charge in [0.15, 0.2) is 0 Å². The van der Waals surface area contributed by atoms with Crippen LogP contribution in [0.15, 0.2) is 24.3 Å². The van der Waals surface area contributed by atoms with Crippen LogP contribution in [-0.2, 0) is 14.3 Å². The molecule has 0 aliphatic heterocycles. The van der Waals surface area contributed by atoms with Crippen LogP contribution >= 0.6 is 0 Å². The highest BCUT2D eigenvalue weighted by molar-refractivity contribution is 5.97. The lowest BCUT2D eigenvalue weighted by molar-refractivity contribution is -0.117. The topological polar surface area (TPSA) is 93.7 Å². The highest BCUT2D eigenvalue weighted by Crippen LogP contribution is 2.12. The SMILES string of the molecule is COC(=O)c1cccc(NC(=O)[C@@H](C)NC(=O)OC(C)(C)C)c1. The van der Waals surface area contributed by atoms with Crippen molar-refractivity contribution in [1.82, 2.24) is 5.32 Å². The van der Waals surface area contributed by atoms with Crippen molar-refractivity contribution in [1.29, 1.82) is 0 Å². The van der Waals surface area contributed by atoms with E-state index < -0.39 is 29.6 Å². The molecule has 126 valence electrons. The number of alkyl carbamates (subject to hydrolysis) is 1. The molecule has 1 atom stereocenters. The average Bonchev–Trinajstić information content (AvgIpc) is 2.44. The predicted octanol–water partition coefficient (Wildman–Crippen LogP) is 2.32. The fourth-order valence-corrected chi connectivity index (χ4v) is 1.64. The molecule has 0 bridgehead atoms. The zero-order valence-electron chi connectivity index (χ0n) is 13.9. The Morgan fingerprint density at radius 2 is 1.83 bits per heavy atom. The van der Waals surface area contributed by atoms with E-state index in [0.717, 1.165) is 0 Å². The third-order valence-electron chi connectivity index (χ3n) is 2.68. The molecule has 0 spiro atoms. The molecular weight excluding hydrogens is 300 g/mol. The molecular formula is C16H22N2O5. The van der Waals surface area contributed by atoms with Crippen molar-refractivity contribution in [3.8, 4) is 0 Å². The first-order valence-electron chi connectivity index (χ1n) is 7.11. The molecule has 0 radical (unpaired) electrons. The minimum absolute atomic E-state index is 0.318. The molecule has 7 nitrogen and oxygen atoms in total. The summed E-state index contributed by atoms with van der Waals surface area (Å²) in [6.07, 6.45) is -0.677. The summed E-state index contributed by atoms with van der Waals surface area (Å²) < 4.78 is 9.70. The van der Waals surface area contributed by atoms with Crippen LogP contribution < -0.4 is 10.6 Å². The summed E-state index contributed by atoms with van der Waals surface area (Å²) in [7, 11) is 1.28. The Kier molecular flexibility index (Phi) is 6.12. The summed E-state index contributed by atoms with van der Waals surface area (Å²) in [5, 5.41) is 5.05. The fraction of sp³-hybridized carbons (Fsp3) is 0.438. The molecule has 0 saturated carbocycles. The molecule has 23 heavy (non-hydrogen) atoms. The summed E-state index contributed by atoms with van der Waals surface area (Å²) in [4.78, 5) is 35.2. The van der Waals surface area contributed by atoms with Crippen molar-refractivity contribution in [3.63, 3.8) is 0 Å². The van der Waals surface area contributed by atoms with Crippen LogP contribution in [-0.4, -0.2) is 36.7 Å². The van der Waals surface area contributed by atoms with E-state index in [9.17, 15) is 14.4 Å². The maximum absolute atomic E-state index is 12.1. The second kappa shape index (κ2) is 7.62. The van der Waals surface area contributed by atoms with Crippen LogP contribution in [0.5, 0.6) is 0 Å². The highest BCUT2D eigenvalue weighted by Gasteiger charge is 2.21. The summed E-state index contributed by atoms with van der Waals surface area (Å²) in [6, 6.07) is 5.51. The van der Waals surface area contributed by atoms with E-state index in [4.69, 9.17) is 4.74 Å². The van der Waals surface area contributed by atoms with E-state index in [1.807, 2.05) is 0 Å². The molecule has 0 aliphatic carbocycles. The van der Waals surface area contributed by atoms with Crippen molar-refractivity contribution >= 4 is 23.7 Å².